The van der Waals surface area contributed by atoms with E-state index in [-0.39, 0.29) is 45.7 Å². The zero-order chi connectivity index (χ0) is 20.7. The molecule has 0 radical (unpaired) electrons. The summed E-state index contributed by atoms with van der Waals surface area (Å²) in [6, 6.07) is 0.0862. The minimum atomic E-state index is -0.321. The Morgan fingerprint density at radius 1 is 1.00 bits per heavy atom. The third-order valence-electron chi connectivity index (χ3n) is 4.32. The van der Waals surface area contributed by atoms with Crippen LogP contribution in [0.3, 0.4) is 0 Å². The van der Waals surface area contributed by atoms with Crippen LogP contribution in [0.15, 0.2) is 0 Å². The van der Waals surface area contributed by atoms with Crippen molar-refractivity contribution in [3.8, 4) is 0 Å². The van der Waals surface area contributed by atoms with Gasteiger partial charge in [-0.2, -0.15) is 0 Å². The van der Waals surface area contributed by atoms with Gasteiger partial charge in [0.2, 0.25) is 11.8 Å². The molecule has 27 heavy (non-hydrogen) atoms. The Labute approximate surface area is 166 Å². The van der Waals surface area contributed by atoms with Crippen LogP contribution >= 0.6 is 0 Å². The Balaban J connectivity index is -0.00000163. The lowest BCUT2D eigenvalue weighted by Gasteiger charge is -2.29. The number of hydrogen-bond acceptors (Lipinski definition) is 5. The van der Waals surface area contributed by atoms with Gasteiger partial charge in [0.05, 0.1) is 19.8 Å². The van der Waals surface area contributed by atoms with Crippen LogP contribution < -0.4 is 10.6 Å². The third kappa shape index (κ3) is 11.8. The fourth-order valence-corrected chi connectivity index (χ4v) is 2.93. The number of ketones is 1. The summed E-state index contributed by atoms with van der Waals surface area (Å²) in [7, 11) is 0. The molecule has 7 nitrogen and oxygen atoms in total. The lowest BCUT2D eigenvalue weighted by molar-refractivity contribution is -0.130. The number of carbonyl (C=O) groups excluding carboxylic acids is 3. The van der Waals surface area contributed by atoms with E-state index in [2.05, 4.69) is 10.6 Å². The van der Waals surface area contributed by atoms with Gasteiger partial charge in [0, 0.05) is 27.3 Å². The minimum Gasteiger partial charge on any atom is -0.379 e. The van der Waals surface area contributed by atoms with E-state index < -0.39 is 0 Å². The van der Waals surface area contributed by atoms with Gasteiger partial charge in [-0.05, 0) is 32.6 Å². The second-order valence-electron chi connectivity index (χ2n) is 6.70. The topological polar surface area (TPSA) is 93.7 Å². The molecule has 0 atom stereocenters. The SMILES string of the molecule is CC.CCOCCOCC(=O)NCC(=O)NC1CCC(C(=O)C(C)C)CC1.[HH].[HH]. The normalized spacial score (nSPS) is 19.0. The highest BCUT2D eigenvalue weighted by molar-refractivity contribution is 5.85. The van der Waals surface area contributed by atoms with Gasteiger partial charge in [-0.25, -0.2) is 0 Å². The van der Waals surface area contributed by atoms with E-state index in [4.69, 9.17) is 9.47 Å². The quantitative estimate of drug-likeness (QED) is 0.529. The van der Waals surface area contributed by atoms with Crippen molar-refractivity contribution < 1.29 is 26.7 Å². The van der Waals surface area contributed by atoms with E-state index in [0.717, 1.165) is 25.7 Å². The van der Waals surface area contributed by atoms with Gasteiger partial charge in [-0.3, -0.25) is 14.4 Å². The van der Waals surface area contributed by atoms with Gasteiger partial charge in [0.15, 0.2) is 0 Å². The first-order valence-electron chi connectivity index (χ1n) is 10.2. The number of hydrogen-bond donors (Lipinski definition) is 2. The molecule has 0 aromatic heterocycles. The van der Waals surface area contributed by atoms with Gasteiger partial charge in [0.25, 0.3) is 0 Å². The maximum atomic E-state index is 12.0. The van der Waals surface area contributed by atoms with Gasteiger partial charge in [-0.15, -0.1) is 0 Å². The van der Waals surface area contributed by atoms with E-state index in [0.29, 0.717) is 25.6 Å². The van der Waals surface area contributed by atoms with E-state index in [1.165, 1.54) is 0 Å². The molecule has 1 aliphatic rings. The molecule has 0 heterocycles. The number of Topliss-reactive ketones (excluding diaryl/α,β-unsaturated/α-hetero) is 1. The van der Waals surface area contributed by atoms with Crippen molar-refractivity contribution in [2.75, 3.05) is 33.0 Å². The Morgan fingerprint density at radius 3 is 2.15 bits per heavy atom. The molecule has 162 valence electrons. The molecule has 0 aromatic rings. The van der Waals surface area contributed by atoms with E-state index in [1.807, 2.05) is 34.6 Å². The van der Waals surface area contributed by atoms with Crippen LogP contribution in [0.25, 0.3) is 0 Å². The third-order valence-corrected chi connectivity index (χ3v) is 4.32. The van der Waals surface area contributed by atoms with Crippen molar-refractivity contribution in [3.05, 3.63) is 0 Å². The molecule has 0 spiro atoms. The molecule has 7 heteroatoms. The Kier molecular flexibility index (Phi) is 14.7. The second kappa shape index (κ2) is 15.6. The predicted octanol–water partition coefficient (Wildman–Crippen LogP) is 2.57. The van der Waals surface area contributed by atoms with Crippen LogP contribution in [-0.2, 0) is 23.9 Å². The van der Waals surface area contributed by atoms with E-state index >= 15 is 0 Å². The number of rotatable bonds is 11. The van der Waals surface area contributed by atoms with Crippen LogP contribution in [0.2, 0.25) is 0 Å². The molecule has 0 saturated heterocycles. The Bertz CT molecular complexity index is 443. The van der Waals surface area contributed by atoms with E-state index in [9.17, 15) is 14.4 Å². The zero-order valence-electron chi connectivity index (χ0n) is 17.6. The standard InChI is InChI=1S/C18H32N2O5.C2H6.2H2/c1-4-24-9-10-25-12-17(22)19-11-16(21)20-15-7-5-14(6-8-15)18(23)13(2)3;1-2;;/h13-15H,4-12H2,1-3H3,(H,19,22)(H,20,21);1-2H3;2*1H. The highest BCUT2D eigenvalue weighted by atomic mass is 16.5. The van der Waals surface area contributed by atoms with Crippen molar-refractivity contribution in [3.63, 3.8) is 0 Å². The van der Waals surface area contributed by atoms with Crippen LogP contribution in [0.1, 0.15) is 63.2 Å². The number of amides is 2. The zero-order valence-corrected chi connectivity index (χ0v) is 17.6. The lowest BCUT2D eigenvalue weighted by Crippen LogP contribution is -2.44. The first kappa shape index (κ1) is 25.5. The minimum absolute atomic E-state index is 0. The monoisotopic (exact) mass is 390 g/mol. The molecule has 0 unspecified atom stereocenters. The molecular weight excluding hydrogens is 348 g/mol. The van der Waals surface area contributed by atoms with Gasteiger partial charge >= 0.3 is 0 Å². The molecular formula is C20H42N2O5. The molecule has 1 saturated carbocycles. The van der Waals surface area contributed by atoms with Crippen LogP contribution in [0, 0.1) is 11.8 Å². The van der Waals surface area contributed by atoms with Crippen molar-refractivity contribution in [2.24, 2.45) is 11.8 Å². The first-order valence-corrected chi connectivity index (χ1v) is 10.2. The lowest BCUT2D eigenvalue weighted by atomic mass is 9.80. The highest BCUT2D eigenvalue weighted by Crippen LogP contribution is 2.27. The summed E-state index contributed by atoms with van der Waals surface area (Å²) in [6.07, 6.45) is 3.26. The molecule has 2 amide bonds. The molecule has 0 aliphatic heterocycles. The van der Waals surface area contributed by atoms with Gasteiger partial charge in [-0.1, -0.05) is 27.7 Å². The number of nitrogens with one attached hydrogen (secondary N) is 2. The average molecular weight is 391 g/mol. The van der Waals surface area contributed by atoms with Crippen molar-refractivity contribution in [1.29, 1.82) is 0 Å². The van der Waals surface area contributed by atoms with E-state index in [1.54, 1.807) is 0 Å². The van der Waals surface area contributed by atoms with Gasteiger partial charge < -0.3 is 20.1 Å². The Morgan fingerprint density at radius 2 is 1.59 bits per heavy atom. The maximum Gasteiger partial charge on any atom is 0.246 e. The molecule has 1 fully saturated rings. The maximum absolute atomic E-state index is 12.0. The molecule has 1 aliphatic carbocycles. The second-order valence-corrected chi connectivity index (χ2v) is 6.70. The highest BCUT2D eigenvalue weighted by Gasteiger charge is 2.28. The van der Waals surface area contributed by atoms with Crippen LogP contribution in [0.5, 0.6) is 0 Å². The summed E-state index contributed by atoms with van der Waals surface area (Å²) in [5.41, 5.74) is 0. The fourth-order valence-electron chi connectivity index (χ4n) is 2.93. The summed E-state index contributed by atoms with van der Waals surface area (Å²) >= 11 is 0. The average Bonchev–Trinajstić information content (AvgIpc) is 2.67. The van der Waals surface area contributed by atoms with Crippen molar-refractivity contribution in [2.45, 2.75) is 66.3 Å². The predicted molar refractivity (Wildman–Crippen MR) is 110 cm³/mol. The molecule has 1 rings (SSSR count). The number of ether oxygens (including phenoxy) is 2. The molecule has 0 bridgehead atoms. The van der Waals surface area contributed by atoms with Crippen molar-refractivity contribution in [1.82, 2.24) is 10.6 Å². The molecule has 0 aromatic carbocycles. The van der Waals surface area contributed by atoms with Crippen LogP contribution in [0.4, 0.5) is 0 Å². The largest absolute Gasteiger partial charge is 0.379 e. The fraction of sp³-hybridized carbons (Fsp3) is 0.850. The summed E-state index contributed by atoms with van der Waals surface area (Å²) < 4.78 is 10.2. The summed E-state index contributed by atoms with van der Waals surface area (Å²) in [5.74, 6) is -0.00985. The Hall–Kier alpha value is -1.47. The smallest absolute Gasteiger partial charge is 0.246 e. The summed E-state index contributed by atoms with van der Waals surface area (Å²) in [5, 5.41) is 5.46. The number of carbonyl (C=O) groups is 3. The summed E-state index contributed by atoms with van der Waals surface area (Å²) in [4.78, 5) is 35.5. The molecule has 2 N–H and O–H groups in total. The van der Waals surface area contributed by atoms with Crippen LogP contribution in [-0.4, -0.2) is 56.6 Å². The summed E-state index contributed by atoms with van der Waals surface area (Å²) in [6.45, 7) is 11.0. The van der Waals surface area contributed by atoms with Gasteiger partial charge in [0.1, 0.15) is 12.4 Å². The first-order chi connectivity index (χ1) is 12.9. The van der Waals surface area contributed by atoms with Crippen molar-refractivity contribution >= 4 is 17.6 Å².